The molecule has 0 radical (unpaired) electrons. The van der Waals surface area contributed by atoms with Gasteiger partial charge in [-0.05, 0) is 36.8 Å². The van der Waals surface area contributed by atoms with Crippen LogP contribution in [0.5, 0.6) is 0 Å². The van der Waals surface area contributed by atoms with Crippen molar-refractivity contribution in [3.05, 3.63) is 92.4 Å². The first-order chi connectivity index (χ1) is 13.9. The molecule has 2 N–H and O–H groups in total. The summed E-state index contributed by atoms with van der Waals surface area (Å²) in [6, 6.07) is 9.75. The molecule has 0 aliphatic heterocycles. The Hall–Kier alpha value is -2.28. The van der Waals surface area contributed by atoms with Crippen LogP contribution < -0.4 is 0 Å². The fourth-order valence-electron chi connectivity index (χ4n) is 3.31. The van der Waals surface area contributed by atoms with Crippen LogP contribution >= 0.6 is 22.9 Å². The molecule has 2 atom stereocenters. The van der Waals surface area contributed by atoms with Crippen molar-refractivity contribution in [2.24, 2.45) is 0 Å². The van der Waals surface area contributed by atoms with E-state index < -0.39 is 17.7 Å². The molecular formula is C22H20ClF2NO2S. The molecular weight excluding hydrogens is 416 g/mol. The molecule has 0 amide bonds. The summed E-state index contributed by atoms with van der Waals surface area (Å²) in [6.07, 6.45) is 3.21. The van der Waals surface area contributed by atoms with E-state index in [0.717, 1.165) is 29.5 Å². The summed E-state index contributed by atoms with van der Waals surface area (Å²) in [5.41, 5.74) is 0.683. The van der Waals surface area contributed by atoms with Crippen molar-refractivity contribution in [3.8, 4) is 0 Å². The topological polar surface area (TPSA) is 53.4 Å². The van der Waals surface area contributed by atoms with E-state index in [1.54, 1.807) is 24.4 Å². The molecule has 2 unspecified atom stereocenters. The highest BCUT2D eigenvalue weighted by molar-refractivity contribution is 7.16. The van der Waals surface area contributed by atoms with Gasteiger partial charge < -0.3 is 10.2 Å². The first-order valence-corrected chi connectivity index (χ1v) is 10.3. The van der Waals surface area contributed by atoms with Crippen LogP contribution in [0.1, 0.15) is 47.8 Å². The van der Waals surface area contributed by atoms with Crippen molar-refractivity contribution in [1.82, 2.24) is 4.98 Å². The molecule has 2 heterocycles. The predicted molar refractivity (Wildman–Crippen MR) is 112 cm³/mol. The van der Waals surface area contributed by atoms with E-state index in [1.807, 2.05) is 13.0 Å². The number of thiophene rings is 1. The molecule has 152 valence electrons. The van der Waals surface area contributed by atoms with Crippen LogP contribution in [0, 0.1) is 11.6 Å². The maximum atomic E-state index is 13.8. The first-order valence-electron chi connectivity index (χ1n) is 9.13. The van der Waals surface area contributed by atoms with Gasteiger partial charge in [-0.3, -0.25) is 4.98 Å². The number of nitrogens with zero attached hydrogens (tertiary/aromatic N) is 1. The Kier molecular flexibility index (Phi) is 7.00. The Bertz CT molecular complexity index is 987. The number of halogens is 3. The number of aromatic nitrogens is 1. The predicted octanol–water partition coefficient (Wildman–Crippen LogP) is 6.66. The maximum Gasteiger partial charge on any atom is 0.126 e. The zero-order valence-electron chi connectivity index (χ0n) is 15.6. The van der Waals surface area contributed by atoms with E-state index in [4.69, 9.17) is 11.6 Å². The van der Waals surface area contributed by atoms with Gasteiger partial charge in [0.05, 0.1) is 4.34 Å². The summed E-state index contributed by atoms with van der Waals surface area (Å²) in [6.45, 7) is 1.98. The van der Waals surface area contributed by atoms with Gasteiger partial charge in [0.15, 0.2) is 0 Å². The van der Waals surface area contributed by atoms with Crippen LogP contribution in [0.4, 0.5) is 8.78 Å². The van der Waals surface area contributed by atoms with Gasteiger partial charge in [0.2, 0.25) is 0 Å². The van der Waals surface area contributed by atoms with Crippen LogP contribution in [-0.2, 0) is 0 Å². The highest BCUT2D eigenvalue weighted by Crippen LogP contribution is 2.43. The Morgan fingerprint density at radius 2 is 1.90 bits per heavy atom. The normalized spacial score (nSPS) is 14.4. The zero-order chi connectivity index (χ0) is 21.0. The van der Waals surface area contributed by atoms with Gasteiger partial charge in [-0.2, -0.15) is 0 Å². The smallest absolute Gasteiger partial charge is 0.126 e. The van der Waals surface area contributed by atoms with Gasteiger partial charge in [-0.1, -0.05) is 31.0 Å². The van der Waals surface area contributed by atoms with Gasteiger partial charge in [-0.25, -0.2) is 8.78 Å². The summed E-state index contributed by atoms with van der Waals surface area (Å²) < 4.78 is 28.2. The van der Waals surface area contributed by atoms with Crippen LogP contribution in [0.15, 0.2) is 60.4 Å². The Morgan fingerprint density at radius 1 is 1.17 bits per heavy atom. The summed E-state index contributed by atoms with van der Waals surface area (Å²) in [4.78, 5) is 4.87. The minimum absolute atomic E-state index is 0.0378. The van der Waals surface area contributed by atoms with Gasteiger partial charge in [0.25, 0.3) is 0 Å². The van der Waals surface area contributed by atoms with Crippen molar-refractivity contribution in [2.45, 2.75) is 31.8 Å². The molecule has 0 aliphatic carbocycles. The number of hydrogen-bond acceptors (Lipinski definition) is 4. The summed E-state index contributed by atoms with van der Waals surface area (Å²) in [5.74, 6) is -2.37. The Labute approximate surface area is 176 Å². The lowest BCUT2D eigenvalue weighted by Crippen LogP contribution is -2.13. The lowest BCUT2D eigenvalue weighted by Gasteiger charge is -2.25. The van der Waals surface area contributed by atoms with Gasteiger partial charge in [0, 0.05) is 46.0 Å². The summed E-state index contributed by atoms with van der Waals surface area (Å²) in [7, 11) is 0. The van der Waals surface area contributed by atoms with E-state index in [0.29, 0.717) is 16.3 Å². The summed E-state index contributed by atoms with van der Waals surface area (Å²) in [5, 5.41) is 22.2. The molecule has 3 aromatic rings. The van der Waals surface area contributed by atoms with Crippen LogP contribution in [0.25, 0.3) is 5.76 Å². The van der Waals surface area contributed by atoms with Gasteiger partial charge in [-0.15, -0.1) is 11.3 Å². The van der Waals surface area contributed by atoms with Crippen molar-refractivity contribution in [3.63, 3.8) is 0 Å². The minimum atomic E-state index is -1.22. The third-order valence-corrected chi connectivity index (χ3v) is 5.94. The van der Waals surface area contributed by atoms with Crippen molar-refractivity contribution in [2.75, 3.05) is 0 Å². The molecule has 1 aromatic carbocycles. The van der Waals surface area contributed by atoms with Gasteiger partial charge >= 0.3 is 0 Å². The fourth-order valence-corrected chi connectivity index (χ4v) is 4.53. The number of aliphatic hydroxyl groups is 2. The standard InChI is InChI=1S/C22H20ClF2NO2S/c1-2-4-17(18-6-7-19(23)29-18)20(21(27)13-5-3-8-26-12-13)22(28)14-9-15(24)11-16(25)10-14/h3,5-12,17,21,27-28H,2,4H2,1H3/b22-20+. The average Bonchev–Trinajstić information content (AvgIpc) is 3.13. The average molecular weight is 436 g/mol. The fraction of sp³-hybridized carbons (Fsp3) is 0.227. The molecule has 3 nitrogen and oxygen atoms in total. The largest absolute Gasteiger partial charge is 0.507 e. The number of aliphatic hydroxyl groups excluding tert-OH is 2. The zero-order valence-corrected chi connectivity index (χ0v) is 17.2. The second-order valence-electron chi connectivity index (χ2n) is 6.63. The molecule has 0 saturated carbocycles. The molecule has 29 heavy (non-hydrogen) atoms. The van der Waals surface area contributed by atoms with Crippen LogP contribution in [-0.4, -0.2) is 15.2 Å². The van der Waals surface area contributed by atoms with E-state index in [1.165, 1.54) is 17.5 Å². The van der Waals surface area contributed by atoms with Crippen molar-refractivity contribution in [1.29, 1.82) is 0 Å². The Balaban J connectivity index is 2.22. The van der Waals surface area contributed by atoms with Gasteiger partial charge in [0.1, 0.15) is 23.5 Å². The Morgan fingerprint density at radius 3 is 2.45 bits per heavy atom. The third kappa shape index (κ3) is 5.01. The van der Waals surface area contributed by atoms with Crippen LogP contribution in [0.2, 0.25) is 4.34 Å². The number of benzene rings is 1. The quantitative estimate of drug-likeness (QED) is 0.408. The second kappa shape index (κ2) is 9.48. The minimum Gasteiger partial charge on any atom is -0.507 e. The van der Waals surface area contributed by atoms with E-state index in [-0.39, 0.29) is 22.8 Å². The molecule has 3 rings (SSSR count). The molecule has 0 spiro atoms. The SMILES string of the molecule is CCCC(/C(=C(\O)c1cc(F)cc(F)c1)C(O)c1cccnc1)c1ccc(Cl)s1. The number of pyridine rings is 1. The number of rotatable bonds is 7. The van der Waals surface area contributed by atoms with Crippen molar-refractivity contribution >= 4 is 28.7 Å². The molecule has 0 fully saturated rings. The monoisotopic (exact) mass is 435 g/mol. The molecule has 2 aromatic heterocycles. The van der Waals surface area contributed by atoms with Crippen LogP contribution in [0.3, 0.4) is 0 Å². The highest BCUT2D eigenvalue weighted by atomic mass is 35.5. The highest BCUT2D eigenvalue weighted by Gasteiger charge is 2.29. The van der Waals surface area contributed by atoms with E-state index >= 15 is 0 Å². The molecule has 7 heteroatoms. The van der Waals surface area contributed by atoms with E-state index in [9.17, 15) is 19.0 Å². The third-order valence-electron chi connectivity index (χ3n) is 4.59. The molecule has 0 aliphatic rings. The van der Waals surface area contributed by atoms with E-state index in [2.05, 4.69) is 4.98 Å². The lowest BCUT2D eigenvalue weighted by atomic mass is 9.84. The van der Waals surface area contributed by atoms with Crippen molar-refractivity contribution < 1.29 is 19.0 Å². The second-order valence-corrected chi connectivity index (χ2v) is 8.38. The molecule has 0 bridgehead atoms. The molecule has 0 saturated heterocycles. The number of hydrogen-bond donors (Lipinski definition) is 2. The summed E-state index contributed by atoms with van der Waals surface area (Å²) >= 11 is 7.45. The first kappa shape index (κ1) is 21.4. The maximum absolute atomic E-state index is 13.8. The lowest BCUT2D eigenvalue weighted by molar-refractivity contribution is 0.203.